The van der Waals surface area contributed by atoms with E-state index in [0.29, 0.717) is 17.1 Å². The van der Waals surface area contributed by atoms with Crippen LogP contribution in [0.5, 0.6) is 0 Å². The molecule has 2 aromatic rings. The number of aryl methyl sites for hydroxylation is 1. The molecular formula is C52H49NS2. The van der Waals surface area contributed by atoms with Crippen LogP contribution in [0.15, 0.2) is 149 Å². The molecule has 2 heterocycles. The first-order valence-corrected chi connectivity index (χ1v) is 22.7. The number of hydrogen-bond acceptors (Lipinski definition) is 3. The van der Waals surface area contributed by atoms with Gasteiger partial charge in [-0.2, -0.15) is 0 Å². The van der Waals surface area contributed by atoms with Crippen molar-refractivity contribution in [3.8, 4) is 0 Å². The first-order valence-electron chi connectivity index (χ1n) is 21.0. The van der Waals surface area contributed by atoms with Gasteiger partial charge in [0.1, 0.15) is 0 Å². The molecule has 1 aromatic heterocycles. The lowest BCUT2D eigenvalue weighted by molar-refractivity contribution is 0.377. The zero-order chi connectivity index (χ0) is 36.3. The second-order valence-corrected chi connectivity index (χ2v) is 18.7. The van der Waals surface area contributed by atoms with E-state index < -0.39 is 0 Å². The van der Waals surface area contributed by atoms with Crippen molar-refractivity contribution in [2.24, 2.45) is 11.8 Å². The van der Waals surface area contributed by atoms with E-state index in [9.17, 15) is 0 Å². The molecule has 1 nitrogen and oxygen atoms in total. The standard InChI is InChI=1S/C52H49NS2/c1-2-13-36(14-3-1)42-18-10-19-44-45-20-11-22-48(52(45)55-51(42)44)53(47-21-8-6-16-41(47)39-25-24-34-12-4-5-15-37(34)32-39)40-29-26-35(27-30-40)38-28-31-50-46(33-38)43-17-7-9-23-49(43)54-50/h2,4,6,8-9,12-14,16,18,20-21,23-26,28-33,35,41,46-47,50H,1,3,5,7,10-11,15,17,19,22,27H2/t35?,41-,46?,47?,50?/m1/s1. The Balaban J connectivity index is 1.00. The van der Waals surface area contributed by atoms with E-state index in [1.54, 1.807) is 11.1 Å². The van der Waals surface area contributed by atoms with Crippen molar-refractivity contribution in [3.63, 3.8) is 0 Å². The van der Waals surface area contributed by atoms with Crippen molar-refractivity contribution >= 4 is 46.5 Å². The molecule has 0 amide bonds. The van der Waals surface area contributed by atoms with Gasteiger partial charge in [-0.15, -0.1) is 23.1 Å². The van der Waals surface area contributed by atoms with E-state index in [2.05, 4.69) is 162 Å². The molecule has 0 saturated carbocycles. The minimum Gasteiger partial charge on any atom is -0.336 e. The summed E-state index contributed by atoms with van der Waals surface area (Å²) >= 11 is 4.15. The molecule has 11 rings (SSSR count). The maximum Gasteiger partial charge on any atom is 0.0626 e. The van der Waals surface area contributed by atoms with Gasteiger partial charge in [0.05, 0.1) is 10.6 Å². The highest BCUT2D eigenvalue weighted by Gasteiger charge is 2.36. The lowest BCUT2D eigenvalue weighted by Crippen LogP contribution is -2.42. The van der Waals surface area contributed by atoms with Gasteiger partial charge in [-0.05, 0) is 126 Å². The fourth-order valence-electron chi connectivity index (χ4n) is 10.5. The van der Waals surface area contributed by atoms with Crippen LogP contribution < -0.4 is 9.75 Å². The SMILES string of the molecule is C1=CC(N(C2=CCC(C3=CC4C5=C(C=CCC5)SC4C=C3)C=C2)C2=c3sc4c(c3=CCC2)CCC=C4C2=CCCC=C2)[C@@H](c2ccc3c(c2)CCC=C3)C=C1. The lowest BCUT2D eigenvalue weighted by atomic mass is 9.80. The normalized spacial score (nSPS) is 28.4. The topological polar surface area (TPSA) is 3.24 Å². The summed E-state index contributed by atoms with van der Waals surface area (Å²) in [4.78, 5) is 5.85. The Hall–Kier alpha value is -4.31. The summed E-state index contributed by atoms with van der Waals surface area (Å²) in [7, 11) is 0. The van der Waals surface area contributed by atoms with Gasteiger partial charge < -0.3 is 4.90 Å². The Morgan fingerprint density at radius 3 is 2.53 bits per heavy atom. The maximum atomic E-state index is 2.80. The smallest absolute Gasteiger partial charge is 0.0626 e. The Labute approximate surface area is 335 Å². The monoisotopic (exact) mass is 751 g/mol. The number of rotatable bonds is 6. The number of allylic oxidation sites excluding steroid dienone is 18. The molecule has 1 aliphatic heterocycles. The van der Waals surface area contributed by atoms with Crippen LogP contribution in [0.25, 0.3) is 23.4 Å². The van der Waals surface area contributed by atoms with Crippen molar-refractivity contribution in [1.82, 2.24) is 4.90 Å². The zero-order valence-corrected chi connectivity index (χ0v) is 33.3. The molecule has 0 bridgehead atoms. The van der Waals surface area contributed by atoms with Crippen LogP contribution in [0.2, 0.25) is 0 Å². The number of hydrogen-bond donors (Lipinski definition) is 0. The van der Waals surface area contributed by atoms with E-state index in [0.717, 1.165) is 57.8 Å². The van der Waals surface area contributed by atoms with Crippen molar-refractivity contribution in [1.29, 1.82) is 0 Å². The molecule has 0 radical (unpaired) electrons. The van der Waals surface area contributed by atoms with Gasteiger partial charge in [-0.3, -0.25) is 0 Å². The third-order valence-corrected chi connectivity index (χ3v) is 16.0. The third kappa shape index (κ3) is 6.05. The third-order valence-electron chi connectivity index (χ3n) is 13.3. The van der Waals surface area contributed by atoms with E-state index in [4.69, 9.17) is 0 Å². The van der Waals surface area contributed by atoms with E-state index in [-0.39, 0.29) is 12.0 Å². The number of thioether (sulfide) groups is 1. The molecule has 0 fully saturated rings. The molecule has 0 N–H and O–H groups in total. The minimum absolute atomic E-state index is 0.198. The quantitative estimate of drug-likeness (QED) is 0.289. The van der Waals surface area contributed by atoms with Gasteiger partial charge in [0.2, 0.25) is 0 Å². The largest absolute Gasteiger partial charge is 0.336 e. The summed E-state index contributed by atoms with van der Waals surface area (Å²) in [5.74, 6) is 1.25. The van der Waals surface area contributed by atoms with Crippen LogP contribution in [-0.2, 0) is 12.8 Å². The van der Waals surface area contributed by atoms with E-state index >= 15 is 0 Å². The van der Waals surface area contributed by atoms with Crippen LogP contribution in [0.4, 0.5) is 0 Å². The summed E-state index contributed by atoms with van der Waals surface area (Å²) in [5, 5.41) is 2.09. The zero-order valence-electron chi connectivity index (χ0n) is 31.6. The second kappa shape index (κ2) is 14.3. The van der Waals surface area contributed by atoms with Crippen LogP contribution >= 0.6 is 23.1 Å². The molecule has 9 aliphatic rings. The molecule has 274 valence electrons. The Morgan fingerprint density at radius 2 is 1.60 bits per heavy atom. The molecule has 0 spiro atoms. The average Bonchev–Trinajstić information content (AvgIpc) is 3.83. The summed E-state index contributed by atoms with van der Waals surface area (Å²) in [6.45, 7) is 0. The fraction of sp³-hybridized carbons (Fsp3) is 0.308. The molecule has 1 aromatic carbocycles. The summed E-state index contributed by atoms with van der Waals surface area (Å²) in [5.41, 5.74) is 14.9. The van der Waals surface area contributed by atoms with Gasteiger partial charge in [0.15, 0.2) is 0 Å². The molecule has 5 atom stereocenters. The molecule has 55 heavy (non-hydrogen) atoms. The van der Waals surface area contributed by atoms with Gasteiger partial charge >= 0.3 is 0 Å². The number of thiophene rings is 1. The molecule has 8 aliphatic carbocycles. The Kier molecular flexibility index (Phi) is 8.85. The average molecular weight is 752 g/mol. The molecule has 4 unspecified atom stereocenters. The van der Waals surface area contributed by atoms with Crippen molar-refractivity contribution in [2.45, 2.75) is 87.8 Å². The predicted octanol–water partition coefficient (Wildman–Crippen LogP) is 11.9. The number of nitrogens with zero attached hydrogens (tertiary/aromatic N) is 1. The molecule has 0 saturated heterocycles. The van der Waals surface area contributed by atoms with Gasteiger partial charge in [-0.25, -0.2) is 0 Å². The first kappa shape index (κ1) is 34.0. The predicted molar refractivity (Wildman–Crippen MR) is 237 cm³/mol. The highest BCUT2D eigenvalue weighted by atomic mass is 32.2. The van der Waals surface area contributed by atoms with Crippen LogP contribution in [0.1, 0.15) is 90.8 Å². The summed E-state index contributed by atoms with van der Waals surface area (Å²) in [6, 6.07) is 7.50. The van der Waals surface area contributed by atoms with Crippen molar-refractivity contribution in [3.05, 3.63) is 186 Å². The highest BCUT2D eigenvalue weighted by molar-refractivity contribution is 8.04. The fourth-order valence-corrected chi connectivity index (χ4v) is 13.4. The highest BCUT2D eigenvalue weighted by Crippen LogP contribution is 2.50. The van der Waals surface area contributed by atoms with E-state index in [1.165, 1.54) is 77.2 Å². The maximum absolute atomic E-state index is 2.80. The number of fused-ring (bicyclic) bond motifs is 6. The minimum atomic E-state index is 0.198. The van der Waals surface area contributed by atoms with Crippen molar-refractivity contribution < 1.29 is 0 Å². The van der Waals surface area contributed by atoms with Crippen molar-refractivity contribution in [2.75, 3.05) is 0 Å². The van der Waals surface area contributed by atoms with Crippen LogP contribution in [-0.4, -0.2) is 16.2 Å². The van der Waals surface area contributed by atoms with Crippen LogP contribution in [0.3, 0.4) is 0 Å². The first-order chi connectivity index (χ1) is 27.3. The lowest BCUT2D eigenvalue weighted by Gasteiger charge is -2.41. The van der Waals surface area contributed by atoms with Gasteiger partial charge in [0.25, 0.3) is 0 Å². The molecule has 3 heteroatoms. The Morgan fingerprint density at radius 1 is 0.691 bits per heavy atom. The summed E-state index contributed by atoms with van der Waals surface area (Å²) in [6.07, 6.45) is 58.9. The second-order valence-electron chi connectivity index (χ2n) is 16.5. The summed E-state index contributed by atoms with van der Waals surface area (Å²) < 4.78 is 1.51. The molecular weight excluding hydrogens is 703 g/mol. The Bertz CT molecular complexity index is 2470. The van der Waals surface area contributed by atoms with E-state index in [1.807, 2.05) is 0 Å². The number of benzene rings is 1. The van der Waals surface area contributed by atoms with Gasteiger partial charge in [0, 0.05) is 44.2 Å². The van der Waals surface area contributed by atoms with Gasteiger partial charge in [-0.1, -0.05) is 128 Å². The van der Waals surface area contributed by atoms with Crippen LogP contribution in [0, 0.1) is 11.8 Å².